The summed E-state index contributed by atoms with van der Waals surface area (Å²) in [6, 6.07) is 2.04. The van der Waals surface area contributed by atoms with Gasteiger partial charge in [0.1, 0.15) is 5.69 Å². The highest BCUT2D eigenvalue weighted by molar-refractivity contribution is 5.73. The van der Waals surface area contributed by atoms with Gasteiger partial charge in [-0.05, 0) is 12.5 Å². The van der Waals surface area contributed by atoms with Crippen molar-refractivity contribution in [1.82, 2.24) is 24.8 Å². The lowest BCUT2D eigenvalue weighted by Gasteiger charge is -2.26. The number of hydrogen-bond donors (Lipinski definition) is 2. The summed E-state index contributed by atoms with van der Waals surface area (Å²) in [5.74, 6) is -5.51. The molecule has 4 heterocycles. The summed E-state index contributed by atoms with van der Waals surface area (Å²) in [4.78, 5) is 22.6. The van der Waals surface area contributed by atoms with Crippen molar-refractivity contribution >= 4 is 11.9 Å². The van der Waals surface area contributed by atoms with Gasteiger partial charge in [0.15, 0.2) is 0 Å². The minimum absolute atomic E-state index is 0.816. The number of rotatable bonds is 4. The Balaban J connectivity index is 0.000000286. The molecule has 0 atom stereocenters. The van der Waals surface area contributed by atoms with E-state index < -0.39 is 24.3 Å². The van der Waals surface area contributed by atoms with Gasteiger partial charge in [-0.3, -0.25) is 9.80 Å². The number of alkyl halides is 6. The first kappa shape index (κ1) is 30.0. The summed E-state index contributed by atoms with van der Waals surface area (Å²) in [7, 11) is 0. The third-order valence-electron chi connectivity index (χ3n) is 5.08. The molecule has 0 radical (unpaired) electrons. The second-order valence-corrected chi connectivity index (χ2v) is 7.90. The second-order valence-electron chi connectivity index (χ2n) is 7.90. The average molecular weight is 545 g/mol. The average Bonchev–Trinajstić information content (AvgIpc) is 3.40. The first-order chi connectivity index (χ1) is 17.3. The maximum atomic E-state index is 10.6. The molecule has 2 aliphatic rings. The number of hydrogen-bond acceptors (Lipinski definition) is 8. The highest BCUT2D eigenvalue weighted by Crippen LogP contribution is 2.19. The van der Waals surface area contributed by atoms with Gasteiger partial charge in [-0.15, -0.1) is 5.10 Å². The van der Waals surface area contributed by atoms with Gasteiger partial charge in [-0.25, -0.2) is 14.3 Å². The lowest BCUT2D eigenvalue weighted by atomic mass is 10.2. The van der Waals surface area contributed by atoms with Crippen molar-refractivity contribution < 1.29 is 55.3 Å². The lowest BCUT2D eigenvalue weighted by Crippen LogP contribution is -2.36. The van der Waals surface area contributed by atoms with E-state index in [0.717, 1.165) is 71.1 Å². The number of carboxylic acids is 2. The molecule has 2 N–H and O–H groups in total. The Morgan fingerprint density at radius 2 is 1.51 bits per heavy atom. The van der Waals surface area contributed by atoms with Crippen LogP contribution in [0.4, 0.5) is 26.3 Å². The summed E-state index contributed by atoms with van der Waals surface area (Å²) in [5.41, 5.74) is 3.60. The molecule has 0 aliphatic carbocycles. The molecule has 1 saturated heterocycles. The monoisotopic (exact) mass is 545 g/mol. The van der Waals surface area contributed by atoms with E-state index in [0.29, 0.717) is 0 Å². The van der Waals surface area contributed by atoms with E-state index in [4.69, 9.17) is 29.0 Å². The maximum absolute atomic E-state index is 10.6. The Bertz CT molecular complexity index is 965. The van der Waals surface area contributed by atoms with Crippen molar-refractivity contribution in [2.75, 3.05) is 32.8 Å². The third kappa shape index (κ3) is 10.4. The van der Waals surface area contributed by atoms with Crippen molar-refractivity contribution in [2.24, 2.45) is 0 Å². The van der Waals surface area contributed by atoms with Crippen LogP contribution in [0.2, 0.25) is 0 Å². The summed E-state index contributed by atoms with van der Waals surface area (Å²) in [6.07, 6.45) is -5.50. The molecule has 4 rings (SSSR count). The van der Waals surface area contributed by atoms with Crippen LogP contribution < -0.4 is 0 Å². The van der Waals surface area contributed by atoms with Crippen LogP contribution in [-0.4, -0.2) is 92.1 Å². The van der Waals surface area contributed by atoms with Crippen LogP contribution in [0.15, 0.2) is 23.0 Å². The van der Waals surface area contributed by atoms with Gasteiger partial charge in [-0.2, -0.15) is 26.3 Å². The smallest absolute Gasteiger partial charge is 0.475 e. The topological polar surface area (TPSA) is 134 Å². The number of aryl methyl sites for hydroxylation is 1. The highest BCUT2D eigenvalue weighted by atomic mass is 19.4. The summed E-state index contributed by atoms with van der Waals surface area (Å²) in [5, 5.41) is 23.1. The van der Waals surface area contributed by atoms with Gasteiger partial charge < -0.3 is 19.4 Å². The van der Waals surface area contributed by atoms with E-state index in [2.05, 4.69) is 24.8 Å². The third-order valence-corrected chi connectivity index (χ3v) is 5.08. The molecule has 1 fully saturated rings. The van der Waals surface area contributed by atoms with E-state index in [9.17, 15) is 26.3 Å². The van der Waals surface area contributed by atoms with Gasteiger partial charge in [0, 0.05) is 51.4 Å². The van der Waals surface area contributed by atoms with Crippen LogP contribution in [-0.2, 0) is 40.5 Å². The maximum Gasteiger partial charge on any atom is 0.490 e. The number of morpholine rings is 1. The molecule has 0 unspecified atom stereocenters. The van der Waals surface area contributed by atoms with Crippen molar-refractivity contribution in [2.45, 2.75) is 45.0 Å². The number of aliphatic carboxylic acids is 2. The van der Waals surface area contributed by atoms with Crippen LogP contribution in [0.25, 0.3) is 0 Å². The van der Waals surface area contributed by atoms with E-state index in [1.54, 1.807) is 6.26 Å². The van der Waals surface area contributed by atoms with Gasteiger partial charge in [0.2, 0.25) is 0 Å². The molecule has 2 aromatic heterocycles. The Morgan fingerprint density at radius 1 is 0.919 bits per heavy atom. The SMILES string of the molecule is O=C(O)C(F)(F)F.O=C(O)C(F)(F)F.c1cc(CN2CCCn3nnc(CN4CCOCC4)c3C2)co1. The van der Waals surface area contributed by atoms with Crippen molar-refractivity contribution in [3.05, 3.63) is 35.5 Å². The first-order valence-corrected chi connectivity index (χ1v) is 10.8. The fraction of sp³-hybridized carbons (Fsp3) is 0.600. The standard InChI is InChI=1S/C16H23N5O2.2C2HF3O2/c1-3-20(10-14-2-7-23-13-14)12-16-15(17-18-21(16)4-1)11-19-5-8-22-9-6-19;2*3-2(4,5)1(6)7/h2,7,13H,1,3-6,8-12H2;2*(H,6,7). The van der Waals surface area contributed by atoms with Crippen LogP contribution in [0.5, 0.6) is 0 Å². The Hall–Kier alpha value is -3.18. The molecule has 208 valence electrons. The Kier molecular flexibility index (Phi) is 10.9. The number of furan rings is 1. The predicted octanol–water partition coefficient (Wildman–Crippen LogP) is 2.38. The van der Waals surface area contributed by atoms with Gasteiger partial charge in [-0.1, -0.05) is 5.21 Å². The predicted molar refractivity (Wildman–Crippen MR) is 111 cm³/mol. The Labute approximate surface area is 206 Å². The van der Waals surface area contributed by atoms with E-state index in [1.807, 2.05) is 12.3 Å². The molecule has 0 saturated carbocycles. The number of carboxylic acid groups (broad SMARTS) is 2. The number of fused-ring (bicyclic) bond motifs is 1. The van der Waals surface area contributed by atoms with Crippen molar-refractivity contribution in [3.63, 3.8) is 0 Å². The molecule has 0 spiro atoms. The van der Waals surface area contributed by atoms with Gasteiger partial charge >= 0.3 is 24.3 Å². The quantitative estimate of drug-likeness (QED) is 0.552. The molecule has 2 aromatic rings. The van der Waals surface area contributed by atoms with Crippen LogP contribution in [0, 0.1) is 0 Å². The molecule has 17 heteroatoms. The zero-order chi connectivity index (χ0) is 27.6. The Morgan fingerprint density at radius 3 is 2.03 bits per heavy atom. The largest absolute Gasteiger partial charge is 0.490 e. The van der Waals surface area contributed by atoms with Crippen molar-refractivity contribution in [1.29, 1.82) is 0 Å². The zero-order valence-corrected chi connectivity index (χ0v) is 19.3. The normalized spacial score (nSPS) is 16.9. The summed E-state index contributed by atoms with van der Waals surface area (Å²) < 4.78 is 76.2. The highest BCUT2D eigenvalue weighted by Gasteiger charge is 2.38. The van der Waals surface area contributed by atoms with E-state index >= 15 is 0 Å². The molecule has 0 aromatic carbocycles. The molecule has 0 amide bonds. The molecule has 37 heavy (non-hydrogen) atoms. The summed E-state index contributed by atoms with van der Waals surface area (Å²) >= 11 is 0. The zero-order valence-electron chi connectivity index (χ0n) is 19.3. The fourth-order valence-corrected chi connectivity index (χ4v) is 3.33. The minimum atomic E-state index is -5.08. The minimum Gasteiger partial charge on any atom is -0.475 e. The summed E-state index contributed by atoms with van der Waals surface area (Å²) in [6.45, 7) is 8.30. The number of ether oxygens (including phenoxy) is 1. The van der Waals surface area contributed by atoms with Crippen LogP contribution in [0.1, 0.15) is 23.4 Å². The second kappa shape index (κ2) is 13.4. The van der Waals surface area contributed by atoms with Crippen LogP contribution >= 0.6 is 0 Å². The van der Waals surface area contributed by atoms with Gasteiger partial charge in [0.25, 0.3) is 0 Å². The lowest BCUT2D eigenvalue weighted by molar-refractivity contribution is -0.193. The number of aromatic nitrogens is 3. The number of carbonyl (C=O) groups is 2. The van der Waals surface area contributed by atoms with Crippen molar-refractivity contribution in [3.8, 4) is 0 Å². The molecule has 11 nitrogen and oxygen atoms in total. The fourth-order valence-electron chi connectivity index (χ4n) is 3.33. The molecular weight excluding hydrogens is 520 g/mol. The van der Waals surface area contributed by atoms with E-state index in [-0.39, 0.29) is 0 Å². The number of nitrogens with zero attached hydrogens (tertiary/aromatic N) is 5. The first-order valence-electron chi connectivity index (χ1n) is 10.8. The number of halogens is 6. The molecule has 2 aliphatic heterocycles. The van der Waals surface area contributed by atoms with Gasteiger partial charge in [0.05, 0.1) is 31.4 Å². The molecule has 0 bridgehead atoms. The molecular formula is C20H25F6N5O6. The van der Waals surface area contributed by atoms with Crippen LogP contribution in [0.3, 0.4) is 0 Å². The van der Waals surface area contributed by atoms with E-state index in [1.165, 1.54) is 11.3 Å².